The molecule has 1 amide bonds. The summed E-state index contributed by atoms with van der Waals surface area (Å²) in [5.74, 6) is 0.357. The number of nitrogens with zero attached hydrogens (tertiary/aromatic N) is 1. The Kier molecular flexibility index (Phi) is 6.64. The number of aryl methyl sites for hydroxylation is 2. The van der Waals surface area contributed by atoms with Gasteiger partial charge in [-0.05, 0) is 67.3 Å². The zero-order chi connectivity index (χ0) is 26.0. The van der Waals surface area contributed by atoms with E-state index in [1.807, 2.05) is 60.7 Å². The summed E-state index contributed by atoms with van der Waals surface area (Å²) in [6.07, 6.45) is 3.52. The first-order chi connectivity index (χ1) is 17.8. The Hall–Kier alpha value is -4.22. The molecule has 0 aliphatic carbocycles. The van der Waals surface area contributed by atoms with Gasteiger partial charge in [0.05, 0.1) is 12.5 Å². The topological polar surface area (TPSA) is 75.4 Å². The number of amides is 1. The minimum Gasteiger partial charge on any atom is -0.458 e. The minimum absolute atomic E-state index is 0.0701. The summed E-state index contributed by atoms with van der Waals surface area (Å²) in [5, 5.41) is 15.2. The van der Waals surface area contributed by atoms with Gasteiger partial charge in [-0.3, -0.25) is 9.78 Å². The van der Waals surface area contributed by atoms with Crippen LogP contribution in [0.15, 0.2) is 102 Å². The number of hydrogen-bond acceptors (Lipinski definition) is 4. The Bertz CT molecular complexity index is 1540. The van der Waals surface area contributed by atoms with Crippen LogP contribution in [0, 0.1) is 13.8 Å². The van der Waals surface area contributed by atoms with E-state index in [0.717, 1.165) is 27.6 Å². The molecule has 5 heteroatoms. The summed E-state index contributed by atoms with van der Waals surface area (Å²) in [4.78, 5) is 17.4. The average molecular weight is 491 g/mol. The standard InChI is InChI=1S/C32H30N2O3/c1-21-11-13-27(22(2)16-21)31(24-8-5-4-6-9-24)34-30(35)18-23-12-14-28-25(17-23)19-29(37-28)32(3,36)26-10-7-15-33-20-26/h4-17,19-20,31,36H,18H2,1-3H3,(H,34,35)/t31-,32?/m0/s1. The third-order valence-corrected chi connectivity index (χ3v) is 6.82. The molecule has 2 N–H and O–H groups in total. The molecule has 0 spiro atoms. The number of pyridine rings is 1. The first-order valence-electron chi connectivity index (χ1n) is 12.4. The van der Waals surface area contributed by atoms with Crippen molar-refractivity contribution in [3.05, 3.63) is 136 Å². The number of aromatic nitrogens is 1. The van der Waals surface area contributed by atoms with Gasteiger partial charge in [0.1, 0.15) is 16.9 Å². The average Bonchev–Trinajstić information content (AvgIpc) is 3.33. The molecule has 3 aromatic carbocycles. The van der Waals surface area contributed by atoms with Crippen LogP contribution in [-0.4, -0.2) is 16.0 Å². The van der Waals surface area contributed by atoms with Crippen molar-refractivity contribution in [2.45, 2.75) is 38.8 Å². The lowest BCUT2D eigenvalue weighted by Crippen LogP contribution is -2.31. The molecular weight excluding hydrogens is 460 g/mol. The van der Waals surface area contributed by atoms with Crippen molar-refractivity contribution in [2.24, 2.45) is 0 Å². The van der Waals surface area contributed by atoms with Gasteiger partial charge in [0.2, 0.25) is 5.91 Å². The minimum atomic E-state index is -1.32. The molecule has 0 bridgehead atoms. The molecule has 5 aromatic rings. The predicted octanol–water partition coefficient (Wildman–Crippen LogP) is 6.15. The van der Waals surface area contributed by atoms with Crippen LogP contribution in [0.4, 0.5) is 0 Å². The van der Waals surface area contributed by atoms with Gasteiger partial charge >= 0.3 is 0 Å². The fourth-order valence-corrected chi connectivity index (χ4v) is 4.77. The van der Waals surface area contributed by atoms with Crippen LogP contribution in [0.2, 0.25) is 0 Å². The van der Waals surface area contributed by atoms with Crippen LogP contribution in [0.25, 0.3) is 11.0 Å². The molecular formula is C32H30N2O3. The zero-order valence-corrected chi connectivity index (χ0v) is 21.2. The first-order valence-corrected chi connectivity index (χ1v) is 12.4. The third-order valence-electron chi connectivity index (χ3n) is 6.82. The highest BCUT2D eigenvalue weighted by molar-refractivity contribution is 5.83. The van der Waals surface area contributed by atoms with Gasteiger partial charge in [-0.1, -0.05) is 66.2 Å². The Morgan fingerprint density at radius 3 is 2.54 bits per heavy atom. The van der Waals surface area contributed by atoms with Gasteiger partial charge < -0.3 is 14.8 Å². The van der Waals surface area contributed by atoms with E-state index in [1.165, 1.54) is 5.56 Å². The molecule has 0 saturated heterocycles. The van der Waals surface area contributed by atoms with Gasteiger partial charge in [0, 0.05) is 23.3 Å². The third kappa shape index (κ3) is 5.18. The molecule has 1 unspecified atom stereocenters. The largest absolute Gasteiger partial charge is 0.458 e. The lowest BCUT2D eigenvalue weighted by Gasteiger charge is -2.22. The molecule has 2 atom stereocenters. The number of fused-ring (bicyclic) bond motifs is 1. The van der Waals surface area contributed by atoms with E-state index in [1.54, 1.807) is 25.4 Å². The monoisotopic (exact) mass is 490 g/mol. The van der Waals surface area contributed by atoms with E-state index in [0.29, 0.717) is 16.9 Å². The number of benzene rings is 3. The zero-order valence-electron chi connectivity index (χ0n) is 21.2. The van der Waals surface area contributed by atoms with Crippen LogP contribution in [0.3, 0.4) is 0 Å². The maximum Gasteiger partial charge on any atom is 0.225 e. The van der Waals surface area contributed by atoms with Gasteiger partial charge in [0.15, 0.2) is 0 Å². The number of rotatable bonds is 7. The quantitative estimate of drug-likeness (QED) is 0.287. The molecule has 0 aliphatic heterocycles. The Labute approximate surface area is 216 Å². The Morgan fingerprint density at radius 2 is 1.81 bits per heavy atom. The van der Waals surface area contributed by atoms with Crippen molar-refractivity contribution < 1.29 is 14.3 Å². The SMILES string of the molecule is Cc1ccc([C@@H](NC(=O)Cc2ccc3oc(C(C)(O)c4cccnc4)cc3c2)c2ccccc2)c(C)c1. The van der Waals surface area contributed by atoms with Crippen molar-refractivity contribution in [2.75, 3.05) is 0 Å². The van der Waals surface area contributed by atoms with Crippen molar-refractivity contribution in [3.8, 4) is 0 Å². The van der Waals surface area contributed by atoms with Crippen molar-refractivity contribution >= 4 is 16.9 Å². The van der Waals surface area contributed by atoms with Gasteiger partial charge in [-0.25, -0.2) is 0 Å². The van der Waals surface area contributed by atoms with Gasteiger partial charge in [0.25, 0.3) is 0 Å². The molecule has 5 nitrogen and oxygen atoms in total. The number of hydrogen-bond donors (Lipinski definition) is 2. The first kappa shape index (κ1) is 24.5. The normalized spacial score (nSPS) is 13.7. The van der Waals surface area contributed by atoms with E-state index in [9.17, 15) is 9.90 Å². The second-order valence-corrected chi connectivity index (χ2v) is 9.74. The summed E-state index contributed by atoms with van der Waals surface area (Å²) in [5.41, 5.74) is 5.29. The van der Waals surface area contributed by atoms with Crippen molar-refractivity contribution in [1.29, 1.82) is 0 Å². The maximum absolute atomic E-state index is 13.3. The molecule has 37 heavy (non-hydrogen) atoms. The lowest BCUT2D eigenvalue weighted by molar-refractivity contribution is -0.120. The summed E-state index contributed by atoms with van der Waals surface area (Å²) < 4.78 is 5.97. The fourth-order valence-electron chi connectivity index (χ4n) is 4.77. The van der Waals surface area contributed by atoms with Crippen LogP contribution in [0.1, 0.15) is 52.1 Å². The predicted molar refractivity (Wildman–Crippen MR) is 145 cm³/mol. The molecule has 0 fully saturated rings. The van der Waals surface area contributed by atoms with Crippen LogP contribution in [0.5, 0.6) is 0 Å². The number of carbonyl (C=O) groups excluding carboxylic acids is 1. The highest BCUT2D eigenvalue weighted by Gasteiger charge is 2.30. The maximum atomic E-state index is 13.3. The van der Waals surface area contributed by atoms with Crippen LogP contribution >= 0.6 is 0 Å². The van der Waals surface area contributed by atoms with E-state index < -0.39 is 5.60 Å². The smallest absolute Gasteiger partial charge is 0.225 e. The van der Waals surface area contributed by atoms with E-state index in [-0.39, 0.29) is 18.4 Å². The summed E-state index contributed by atoms with van der Waals surface area (Å²) in [6, 6.07) is 27.2. The van der Waals surface area contributed by atoms with Gasteiger partial charge in [-0.15, -0.1) is 0 Å². The Balaban J connectivity index is 1.38. The number of nitrogens with one attached hydrogen (secondary N) is 1. The van der Waals surface area contributed by atoms with E-state index in [2.05, 4.69) is 42.3 Å². The lowest BCUT2D eigenvalue weighted by atomic mass is 9.93. The fraction of sp³-hybridized carbons (Fsp3) is 0.188. The van der Waals surface area contributed by atoms with E-state index in [4.69, 9.17) is 4.42 Å². The number of aliphatic hydroxyl groups is 1. The highest BCUT2D eigenvalue weighted by Crippen LogP contribution is 2.33. The van der Waals surface area contributed by atoms with Crippen LogP contribution in [-0.2, 0) is 16.8 Å². The molecule has 0 aliphatic rings. The second kappa shape index (κ2) is 10.0. The summed E-state index contributed by atoms with van der Waals surface area (Å²) in [7, 11) is 0. The number of furan rings is 1. The van der Waals surface area contributed by atoms with Crippen molar-refractivity contribution in [1.82, 2.24) is 10.3 Å². The summed E-state index contributed by atoms with van der Waals surface area (Å²) in [6.45, 7) is 5.84. The van der Waals surface area contributed by atoms with Gasteiger partial charge in [-0.2, -0.15) is 0 Å². The van der Waals surface area contributed by atoms with Crippen molar-refractivity contribution in [3.63, 3.8) is 0 Å². The molecule has 2 heterocycles. The molecule has 5 rings (SSSR count). The van der Waals surface area contributed by atoms with E-state index >= 15 is 0 Å². The summed E-state index contributed by atoms with van der Waals surface area (Å²) >= 11 is 0. The number of carbonyl (C=O) groups is 1. The molecule has 2 aromatic heterocycles. The molecule has 0 saturated carbocycles. The second-order valence-electron chi connectivity index (χ2n) is 9.74. The molecule has 0 radical (unpaired) electrons. The highest BCUT2D eigenvalue weighted by atomic mass is 16.4. The Morgan fingerprint density at radius 1 is 1.00 bits per heavy atom. The van der Waals surface area contributed by atoms with Crippen LogP contribution < -0.4 is 5.32 Å². The molecule has 186 valence electrons.